The van der Waals surface area contributed by atoms with Gasteiger partial charge >= 0.3 is 6.03 Å². The number of nitrogens with zero attached hydrogens (tertiary/aromatic N) is 1. The van der Waals surface area contributed by atoms with Crippen LogP contribution in [-0.4, -0.2) is 12.1 Å². The van der Waals surface area contributed by atoms with Gasteiger partial charge in [-0.15, -0.1) is 0 Å². The summed E-state index contributed by atoms with van der Waals surface area (Å²) in [5.41, 5.74) is 0.290. The molecule has 5 heteroatoms. The van der Waals surface area contributed by atoms with Crippen molar-refractivity contribution in [2.45, 2.75) is 19.9 Å². The highest BCUT2D eigenvalue weighted by Gasteiger charge is 2.06. The zero-order valence-corrected chi connectivity index (χ0v) is 9.04. The summed E-state index contributed by atoms with van der Waals surface area (Å²) in [6, 6.07) is 5.16. The van der Waals surface area contributed by atoms with Crippen molar-refractivity contribution >= 4 is 11.7 Å². The summed E-state index contributed by atoms with van der Waals surface area (Å²) in [7, 11) is 0. The molecule has 84 valence electrons. The molecule has 0 spiro atoms. The maximum absolute atomic E-state index is 13.0. The molecule has 0 fully saturated rings. The number of anilines is 1. The Morgan fingerprint density at radius 1 is 1.50 bits per heavy atom. The minimum absolute atomic E-state index is 0.0101. The van der Waals surface area contributed by atoms with E-state index < -0.39 is 5.82 Å². The van der Waals surface area contributed by atoms with E-state index in [4.69, 9.17) is 5.26 Å². The second-order valence-electron chi connectivity index (χ2n) is 3.56. The lowest BCUT2D eigenvalue weighted by Crippen LogP contribution is -2.34. The fourth-order valence-electron chi connectivity index (χ4n) is 1.12. The van der Waals surface area contributed by atoms with E-state index in [2.05, 4.69) is 10.6 Å². The molecule has 0 bridgehead atoms. The maximum Gasteiger partial charge on any atom is 0.319 e. The van der Waals surface area contributed by atoms with Crippen LogP contribution in [0.3, 0.4) is 0 Å². The number of benzene rings is 1. The van der Waals surface area contributed by atoms with Gasteiger partial charge in [0.25, 0.3) is 0 Å². The predicted molar refractivity (Wildman–Crippen MR) is 58.4 cm³/mol. The van der Waals surface area contributed by atoms with Crippen molar-refractivity contribution in [3.8, 4) is 6.07 Å². The number of hydrogen-bond acceptors (Lipinski definition) is 2. The molecule has 0 aliphatic heterocycles. The summed E-state index contributed by atoms with van der Waals surface area (Å²) in [5, 5.41) is 13.7. The lowest BCUT2D eigenvalue weighted by molar-refractivity contribution is 0.250. The summed E-state index contributed by atoms with van der Waals surface area (Å²) in [6.07, 6.45) is 0. The minimum atomic E-state index is -0.600. The molecule has 2 N–H and O–H groups in total. The summed E-state index contributed by atoms with van der Waals surface area (Å²) in [6.45, 7) is 3.65. The normalized spacial score (nSPS) is 9.69. The maximum atomic E-state index is 13.0. The summed E-state index contributed by atoms with van der Waals surface area (Å²) >= 11 is 0. The zero-order chi connectivity index (χ0) is 12.1. The van der Waals surface area contributed by atoms with E-state index >= 15 is 0 Å². The fraction of sp³-hybridized carbons (Fsp3) is 0.273. The molecule has 0 aromatic heterocycles. The van der Waals surface area contributed by atoms with Crippen LogP contribution in [0.1, 0.15) is 19.4 Å². The van der Waals surface area contributed by atoms with Gasteiger partial charge in [-0.3, -0.25) is 0 Å². The van der Waals surface area contributed by atoms with Crippen LogP contribution >= 0.6 is 0 Å². The van der Waals surface area contributed by atoms with Gasteiger partial charge in [0, 0.05) is 11.7 Å². The number of nitriles is 1. The van der Waals surface area contributed by atoms with E-state index in [-0.39, 0.29) is 17.6 Å². The third kappa shape index (κ3) is 3.24. The standard InChI is InChI=1S/C11H12FN3O/c1-7(2)14-11(16)15-9-3-4-10(12)8(5-9)6-13/h3-5,7H,1-2H3,(H2,14,15,16). The van der Waals surface area contributed by atoms with Gasteiger partial charge in [-0.25, -0.2) is 9.18 Å². The number of rotatable bonds is 2. The van der Waals surface area contributed by atoms with Crippen molar-refractivity contribution in [1.82, 2.24) is 5.32 Å². The van der Waals surface area contributed by atoms with E-state index in [1.165, 1.54) is 12.1 Å². The van der Waals surface area contributed by atoms with Crippen LogP contribution in [0.5, 0.6) is 0 Å². The van der Waals surface area contributed by atoms with Crippen molar-refractivity contribution in [2.24, 2.45) is 0 Å². The number of carbonyl (C=O) groups is 1. The van der Waals surface area contributed by atoms with E-state index in [1.807, 2.05) is 13.8 Å². The molecule has 0 atom stereocenters. The fourth-order valence-corrected chi connectivity index (χ4v) is 1.12. The van der Waals surface area contributed by atoms with Gasteiger partial charge in [0.05, 0.1) is 5.56 Å². The van der Waals surface area contributed by atoms with Gasteiger partial charge in [-0.2, -0.15) is 5.26 Å². The summed E-state index contributed by atoms with van der Waals surface area (Å²) in [4.78, 5) is 11.3. The van der Waals surface area contributed by atoms with Gasteiger partial charge in [0.15, 0.2) is 0 Å². The molecule has 0 radical (unpaired) electrons. The molecule has 0 saturated heterocycles. The zero-order valence-electron chi connectivity index (χ0n) is 9.04. The van der Waals surface area contributed by atoms with Crippen LogP contribution in [0.15, 0.2) is 18.2 Å². The van der Waals surface area contributed by atoms with E-state index in [1.54, 1.807) is 6.07 Å². The van der Waals surface area contributed by atoms with Crippen LogP contribution in [0.25, 0.3) is 0 Å². The van der Waals surface area contributed by atoms with E-state index in [0.29, 0.717) is 5.69 Å². The van der Waals surface area contributed by atoms with Crippen LogP contribution in [0, 0.1) is 17.1 Å². The highest BCUT2D eigenvalue weighted by molar-refractivity contribution is 5.89. The van der Waals surface area contributed by atoms with Gasteiger partial charge in [-0.05, 0) is 32.0 Å². The first kappa shape index (κ1) is 12.0. The van der Waals surface area contributed by atoms with Gasteiger partial charge in [0.1, 0.15) is 11.9 Å². The Bertz CT molecular complexity index is 437. The summed E-state index contributed by atoms with van der Waals surface area (Å²) < 4.78 is 13.0. The number of amides is 2. The molecule has 16 heavy (non-hydrogen) atoms. The Kier molecular flexibility index (Phi) is 3.84. The Morgan fingerprint density at radius 2 is 2.19 bits per heavy atom. The predicted octanol–water partition coefficient (Wildman–Crippen LogP) is 2.23. The van der Waals surface area contributed by atoms with Crippen LogP contribution in [-0.2, 0) is 0 Å². The second-order valence-corrected chi connectivity index (χ2v) is 3.56. The number of urea groups is 1. The van der Waals surface area contributed by atoms with Gasteiger partial charge < -0.3 is 10.6 Å². The van der Waals surface area contributed by atoms with Crippen molar-refractivity contribution in [2.75, 3.05) is 5.32 Å². The third-order valence-electron chi connectivity index (χ3n) is 1.76. The topological polar surface area (TPSA) is 64.9 Å². The molecule has 1 rings (SSSR count). The SMILES string of the molecule is CC(C)NC(=O)Nc1ccc(F)c(C#N)c1. The van der Waals surface area contributed by atoms with Crippen LogP contribution in [0.4, 0.5) is 14.9 Å². The first-order chi connectivity index (χ1) is 7.52. The first-order valence-corrected chi connectivity index (χ1v) is 4.80. The van der Waals surface area contributed by atoms with Crippen molar-refractivity contribution in [3.63, 3.8) is 0 Å². The Balaban J connectivity index is 2.76. The Hall–Kier alpha value is -2.09. The largest absolute Gasteiger partial charge is 0.336 e. The monoisotopic (exact) mass is 221 g/mol. The number of hydrogen-bond donors (Lipinski definition) is 2. The Morgan fingerprint density at radius 3 is 2.75 bits per heavy atom. The smallest absolute Gasteiger partial charge is 0.319 e. The highest BCUT2D eigenvalue weighted by Crippen LogP contribution is 2.13. The van der Waals surface area contributed by atoms with Crippen LogP contribution < -0.4 is 10.6 Å². The molecule has 1 aromatic carbocycles. The number of halogens is 1. The second kappa shape index (κ2) is 5.12. The number of nitrogens with one attached hydrogen (secondary N) is 2. The molecule has 0 aliphatic rings. The van der Waals surface area contributed by atoms with Crippen molar-refractivity contribution in [3.05, 3.63) is 29.6 Å². The van der Waals surface area contributed by atoms with Crippen molar-refractivity contribution < 1.29 is 9.18 Å². The van der Waals surface area contributed by atoms with Gasteiger partial charge in [-0.1, -0.05) is 0 Å². The number of carbonyl (C=O) groups excluding carboxylic acids is 1. The average molecular weight is 221 g/mol. The quantitative estimate of drug-likeness (QED) is 0.804. The molecule has 0 aliphatic carbocycles. The molecule has 1 aromatic rings. The summed E-state index contributed by atoms with van der Waals surface area (Å²) in [5.74, 6) is -0.600. The molecule has 4 nitrogen and oxygen atoms in total. The van der Waals surface area contributed by atoms with E-state index in [9.17, 15) is 9.18 Å². The van der Waals surface area contributed by atoms with Crippen LogP contribution in [0.2, 0.25) is 0 Å². The molecular weight excluding hydrogens is 209 g/mol. The first-order valence-electron chi connectivity index (χ1n) is 4.80. The molecule has 0 unspecified atom stereocenters. The Labute approximate surface area is 93.1 Å². The highest BCUT2D eigenvalue weighted by atomic mass is 19.1. The molecule has 0 heterocycles. The van der Waals surface area contributed by atoms with E-state index in [0.717, 1.165) is 6.07 Å². The lowest BCUT2D eigenvalue weighted by atomic mass is 10.2. The van der Waals surface area contributed by atoms with Gasteiger partial charge in [0.2, 0.25) is 0 Å². The van der Waals surface area contributed by atoms with Crippen molar-refractivity contribution in [1.29, 1.82) is 5.26 Å². The lowest BCUT2D eigenvalue weighted by Gasteiger charge is -2.10. The molecule has 0 saturated carbocycles. The average Bonchev–Trinajstić information content (AvgIpc) is 2.19. The molecular formula is C11H12FN3O. The molecule has 2 amide bonds. The third-order valence-corrected chi connectivity index (χ3v) is 1.76. The minimum Gasteiger partial charge on any atom is -0.336 e.